The number of halogens is 5. The highest BCUT2D eigenvalue weighted by Crippen LogP contribution is 2.29. The Labute approximate surface area is 157 Å². The van der Waals surface area contributed by atoms with Crippen LogP contribution < -0.4 is 10.6 Å². The predicted octanol–water partition coefficient (Wildman–Crippen LogP) is 4.98. The first-order valence-corrected chi connectivity index (χ1v) is 8.29. The molecule has 0 spiro atoms. The van der Waals surface area contributed by atoms with E-state index in [2.05, 4.69) is 20.6 Å². The lowest BCUT2D eigenvalue weighted by Gasteiger charge is -2.08. The third-order valence-corrected chi connectivity index (χ3v) is 3.95. The Bertz CT molecular complexity index is 841. The standard InChI is InChI=1S/C17H13Cl2F3N4/c18-12-5-13(19)7-14(6-12)25-16-24-9-15(26-16)23-8-10-1-3-11(4-2-10)17(20,21)22/h1-7H,8-9H2,(H2,23,24,25,26). The van der Waals surface area contributed by atoms with Gasteiger partial charge >= 0.3 is 6.18 Å². The van der Waals surface area contributed by atoms with E-state index in [9.17, 15) is 13.2 Å². The Kier molecular flexibility index (Phi) is 5.38. The van der Waals surface area contributed by atoms with Crippen LogP contribution in [-0.2, 0) is 12.7 Å². The Hall–Kier alpha value is -2.25. The fraction of sp³-hybridized carbons (Fsp3) is 0.176. The molecular weight excluding hydrogens is 388 g/mol. The van der Waals surface area contributed by atoms with E-state index in [0.29, 0.717) is 39.6 Å². The summed E-state index contributed by atoms with van der Waals surface area (Å²) < 4.78 is 37.6. The summed E-state index contributed by atoms with van der Waals surface area (Å²) in [5.74, 6) is 1.11. The molecule has 4 nitrogen and oxygen atoms in total. The first-order valence-electron chi connectivity index (χ1n) is 7.54. The van der Waals surface area contributed by atoms with Gasteiger partial charge in [0.05, 0.1) is 12.1 Å². The number of aliphatic imine (C=N–C) groups is 2. The summed E-state index contributed by atoms with van der Waals surface area (Å²) in [5, 5.41) is 7.04. The second-order valence-corrected chi connectivity index (χ2v) is 6.40. The molecule has 2 N–H and O–H groups in total. The smallest absolute Gasteiger partial charge is 0.326 e. The minimum Gasteiger partial charge on any atom is -0.326 e. The van der Waals surface area contributed by atoms with E-state index in [1.807, 2.05) is 0 Å². The molecule has 0 unspecified atom stereocenters. The molecule has 1 heterocycles. The van der Waals surface area contributed by atoms with Crippen molar-refractivity contribution in [3.05, 3.63) is 63.6 Å². The number of rotatable bonds is 3. The molecular formula is C17H13Cl2F3N4. The highest BCUT2D eigenvalue weighted by Gasteiger charge is 2.29. The van der Waals surface area contributed by atoms with E-state index in [1.54, 1.807) is 18.2 Å². The summed E-state index contributed by atoms with van der Waals surface area (Å²) >= 11 is 11.9. The van der Waals surface area contributed by atoms with Crippen molar-refractivity contribution in [2.75, 3.05) is 11.9 Å². The van der Waals surface area contributed by atoms with Gasteiger partial charge in [0.2, 0.25) is 5.96 Å². The molecule has 26 heavy (non-hydrogen) atoms. The summed E-state index contributed by atoms with van der Waals surface area (Å²) in [6.45, 7) is 0.601. The van der Waals surface area contributed by atoms with Crippen molar-refractivity contribution in [3.8, 4) is 0 Å². The number of anilines is 1. The summed E-state index contributed by atoms with van der Waals surface area (Å²) in [4.78, 5) is 8.59. The number of alkyl halides is 3. The van der Waals surface area contributed by atoms with Gasteiger partial charge in [0.15, 0.2) is 0 Å². The first kappa shape index (κ1) is 18.5. The van der Waals surface area contributed by atoms with E-state index in [0.717, 1.165) is 12.1 Å². The zero-order valence-electron chi connectivity index (χ0n) is 13.2. The summed E-state index contributed by atoms with van der Waals surface area (Å²) in [5.41, 5.74) is 0.677. The van der Waals surface area contributed by atoms with Crippen molar-refractivity contribution in [1.82, 2.24) is 5.32 Å². The van der Waals surface area contributed by atoms with Crippen LogP contribution in [0.3, 0.4) is 0 Å². The number of benzene rings is 2. The van der Waals surface area contributed by atoms with Crippen LogP contribution in [-0.4, -0.2) is 18.3 Å². The largest absolute Gasteiger partial charge is 0.416 e. The van der Waals surface area contributed by atoms with Gasteiger partial charge in [-0.3, -0.25) is 4.99 Å². The van der Waals surface area contributed by atoms with Gasteiger partial charge in [0.1, 0.15) is 12.4 Å². The van der Waals surface area contributed by atoms with E-state index in [-0.39, 0.29) is 6.54 Å². The van der Waals surface area contributed by atoms with Crippen molar-refractivity contribution < 1.29 is 13.2 Å². The highest BCUT2D eigenvalue weighted by molar-refractivity contribution is 6.35. The molecule has 0 atom stereocenters. The van der Waals surface area contributed by atoms with Crippen LogP contribution in [0.25, 0.3) is 0 Å². The fourth-order valence-electron chi connectivity index (χ4n) is 2.28. The maximum atomic E-state index is 12.5. The molecule has 0 bridgehead atoms. The van der Waals surface area contributed by atoms with Gasteiger partial charge in [0.25, 0.3) is 0 Å². The second kappa shape index (κ2) is 7.55. The van der Waals surface area contributed by atoms with Gasteiger partial charge in [-0.25, -0.2) is 4.99 Å². The molecule has 0 fully saturated rings. The normalized spacial score (nSPS) is 15.7. The van der Waals surface area contributed by atoms with Crippen molar-refractivity contribution >= 4 is 40.7 Å². The highest BCUT2D eigenvalue weighted by atomic mass is 35.5. The lowest BCUT2D eigenvalue weighted by Crippen LogP contribution is -2.30. The van der Waals surface area contributed by atoms with Gasteiger partial charge in [-0.05, 0) is 35.9 Å². The Morgan fingerprint density at radius 2 is 1.73 bits per heavy atom. The Morgan fingerprint density at radius 1 is 1.08 bits per heavy atom. The molecule has 0 amide bonds. The van der Waals surface area contributed by atoms with Crippen LogP contribution >= 0.6 is 23.2 Å². The number of nitrogens with zero attached hydrogens (tertiary/aromatic N) is 2. The average Bonchev–Trinajstić information content (AvgIpc) is 2.99. The number of nitrogens with one attached hydrogen (secondary N) is 2. The topological polar surface area (TPSA) is 48.8 Å². The van der Waals surface area contributed by atoms with E-state index >= 15 is 0 Å². The van der Waals surface area contributed by atoms with Gasteiger partial charge in [-0.15, -0.1) is 0 Å². The summed E-state index contributed by atoms with van der Waals surface area (Å²) in [6.07, 6.45) is -4.34. The Morgan fingerprint density at radius 3 is 2.35 bits per heavy atom. The maximum Gasteiger partial charge on any atom is 0.416 e. The van der Waals surface area contributed by atoms with Crippen LogP contribution in [0.15, 0.2) is 52.4 Å². The van der Waals surface area contributed by atoms with Crippen LogP contribution in [0.4, 0.5) is 18.9 Å². The van der Waals surface area contributed by atoms with Crippen LogP contribution in [0.5, 0.6) is 0 Å². The first-order chi connectivity index (χ1) is 12.3. The van der Waals surface area contributed by atoms with Crippen LogP contribution in [0, 0.1) is 0 Å². The molecule has 9 heteroatoms. The third kappa shape index (κ3) is 4.89. The van der Waals surface area contributed by atoms with E-state index in [4.69, 9.17) is 23.2 Å². The average molecular weight is 401 g/mol. The molecule has 1 aliphatic rings. The summed E-state index contributed by atoms with van der Waals surface area (Å²) in [6, 6.07) is 9.94. The van der Waals surface area contributed by atoms with Gasteiger partial charge in [-0.2, -0.15) is 13.2 Å². The second-order valence-electron chi connectivity index (χ2n) is 5.53. The zero-order valence-corrected chi connectivity index (χ0v) is 14.8. The predicted molar refractivity (Wildman–Crippen MR) is 98.1 cm³/mol. The van der Waals surface area contributed by atoms with Crippen molar-refractivity contribution in [1.29, 1.82) is 0 Å². The zero-order chi connectivity index (χ0) is 18.7. The van der Waals surface area contributed by atoms with E-state index < -0.39 is 11.7 Å². The minimum absolute atomic E-state index is 0.256. The molecule has 2 aromatic carbocycles. The van der Waals surface area contributed by atoms with E-state index in [1.165, 1.54) is 12.1 Å². The molecule has 2 aromatic rings. The number of guanidine groups is 1. The van der Waals surface area contributed by atoms with Gasteiger partial charge in [-0.1, -0.05) is 35.3 Å². The Balaban J connectivity index is 1.57. The van der Waals surface area contributed by atoms with Crippen LogP contribution in [0.1, 0.15) is 11.1 Å². The number of hydrogen-bond donors (Lipinski definition) is 2. The third-order valence-electron chi connectivity index (χ3n) is 3.51. The van der Waals surface area contributed by atoms with Gasteiger partial charge < -0.3 is 10.6 Å². The lowest BCUT2D eigenvalue weighted by molar-refractivity contribution is -0.137. The molecule has 1 aliphatic heterocycles. The molecule has 0 aromatic heterocycles. The molecule has 136 valence electrons. The molecule has 0 radical (unpaired) electrons. The van der Waals surface area contributed by atoms with Crippen molar-refractivity contribution in [2.24, 2.45) is 9.98 Å². The van der Waals surface area contributed by atoms with Crippen molar-refractivity contribution in [2.45, 2.75) is 12.7 Å². The van der Waals surface area contributed by atoms with Crippen molar-refractivity contribution in [3.63, 3.8) is 0 Å². The SMILES string of the molecule is FC(F)(F)c1ccc(CN=C2CN=C(Nc3cc(Cl)cc(Cl)c3)N2)cc1. The molecule has 3 rings (SSSR count). The monoisotopic (exact) mass is 400 g/mol. The molecule has 0 saturated heterocycles. The quantitative estimate of drug-likeness (QED) is 0.762. The van der Waals surface area contributed by atoms with Crippen LogP contribution in [0.2, 0.25) is 10.0 Å². The molecule has 0 saturated carbocycles. The fourth-order valence-corrected chi connectivity index (χ4v) is 2.80. The number of amidine groups is 1. The maximum absolute atomic E-state index is 12.5. The minimum atomic E-state index is -4.34. The lowest BCUT2D eigenvalue weighted by atomic mass is 10.1. The van der Waals surface area contributed by atoms with Gasteiger partial charge in [0, 0.05) is 15.7 Å². The molecule has 0 aliphatic carbocycles. The number of hydrogen-bond acceptors (Lipinski definition) is 3. The summed E-state index contributed by atoms with van der Waals surface area (Å²) in [7, 11) is 0.